The lowest BCUT2D eigenvalue weighted by Crippen LogP contribution is -2.70. The van der Waals surface area contributed by atoms with Gasteiger partial charge in [0.15, 0.2) is 0 Å². The predicted octanol–water partition coefficient (Wildman–Crippen LogP) is -0.0263. The Morgan fingerprint density at radius 3 is 2.96 bits per heavy atom. The maximum Gasteiger partial charge on any atom is 0.353 e. The molecule has 2 aliphatic rings. The number of rotatable bonds is 5. The molecule has 24 heavy (non-hydrogen) atoms. The van der Waals surface area contributed by atoms with Gasteiger partial charge in [-0.25, -0.2) is 4.79 Å². The van der Waals surface area contributed by atoms with Gasteiger partial charge in [-0.15, -0.1) is 23.1 Å². The van der Waals surface area contributed by atoms with Crippen LogP contribution in [0.2, 0.25) is 0 Å². The fourth-order valence-electron chi connectivity index (χ4n) is 2.63. The SMILES string of the molecule is NN=CC1=C(C(=O)O)N2C(=O)C(NC(=O)Cc3cccs3)[C@H]2SC1. The Bertz CT molecular complexity index is 744. The fourth-order valence-corrected chi connectivity index (χ4v) is 4.63. The molecule has 1 fully saturated rings. The molecule has 2 atom stereocenters. The topological polar surface area (TPSA) is 125 Å². The van der Waals surface area contributed by atoms with Crippen LogP contribution < -0.4 is 11.2 Å². The van der Waals surface area contributed by atoms with Crippen LogP contribution in [0.3, 0.4) is 0 Å². The summed E-state index contributed by atoms with van der Waals surface area (Å²) in [6.45, 7) is 0. The van der Waals surface area contributed by atoms with E-state index in [-0.39, 0.29) is 18.0 Å². The Hall–Kier alpha value is -2.33. The van der Waals surface area contributed by atoms with Crippen molar-refractivity contribution < 1.29 is 19.5 Å². The van der Waals surface area contributed by atoms with Gasteiger partial charge in [0.1, 0.15) is 17.1 Å². The molecule has 4 N–H and O–H groups in total. The number of carboxylic acid groups (broad SMARTS) is 1. The molecule has 0 spiro atoms. The summed E-state index contributed by atoms with van der Waals surface area (Å²) >= 11 is 2.83. The fraction of sp³-hybridized carbons (Fsp3) is 0.286. The Labute approximate surface area is 145 Å². The Kier molecular flexibility index (Phi) is 4.58. The van der Waals surface area contributed by atoms with E-state index in [2.05, 4.69) is 10.4 Å². The number of hydrazone groups is 1. The lowest BCUT2D eigenvalue weighted by atomic mass is 10.0. The molecule has 0 saturated carbocycles. The number of β-lactam (4-membered cyclic amide) rings is 1. The number of amides is 2. The first kappa shape index (κ1) is 16.5. The summed E-state index contributed by atoms with van der Waals surface area (Å²) in [6, 6.07) is 2.98. The quantitative estimate of drug-likeness (QED) is 0.291. The first-order valence-electron chi connectivity index (χ1n) is 6.99. The highest BCUT2D eigenvalue weighted by molar-refractivity contribution is 8.00. The van der Waals surface area contributed by atoms with Crippen molar-refractivity contribution in [1.29, 1.82) is 0 Å². The van der Waals surface area contributed by atoms with Gasteiger partial charge in [0.25, 0.3) is 5.91 Å². The third kappa shape index (κ3) is 2.89. The van der Waals surface area contributed by atoms with Crippen LogP contribution in [-0.4, -0.2) is 51.2 Å². The molecule has 0 aromatic carbocycles. The number of carbonyl (C=O) groups excluding carboxylic acids is 2. The largest absolute Gasteiger partial charge is 0.477 e. The smallest absolute Gasteiger partial charge is 0.353 e. The second-order valence-corrected chi connectivity index (χ2v) is 7.31. The van der Waals surface area contributed by atoms with E-state index in [1.54, 1.807) is 0 Å². The van der Waals surface area contributed by atoms with Gasteiger partial charge in [0.05, 0.1) is 12.6 Å². The lowest BCUT2D eigenvalue weighted by molar-refractivity contribution is -0.150. The Balaban J connectivity index is 1.72. The zero-order valence-electron chi connectivity index (χ0n) is 12.3. The van der Waals surface area contributed by atoms with E-state index >= 15 is 0 Å². The number of hydrogen-bond donors (Lipinski definition) is 3. The molecule has 1 unspecified atom stereocenters. The number of fused-ring (bicyclic) bond motifs is 1. The van der Waals surface area contributed by atoms with E-state index in [0.29, 0.717) is 11.3 Å². The average Bonchev–Trinajstić information content (AvgIpc) is 3.05. The summed E-state index contributed by atoms with van der Waals surface area (Å²) in [5.41, 5.74) is 0.254. The summed E-state index contributed by atoms with van der Waals surface area (Å²) < 4.78 is 0. The van der Waals surface area contributed by atoms with E-state index in [1.807, 2.05) is 17.5 Å². The Morgan fingerprint density at radius 2 is 2.33 bits per heavy atom. The highest BCUT2D eigenvalue weighted by Crippen LogP contribution is 2.39. The maximum absolute atomic E-state index is 12.3. The van der Waals surface area contributed by atoms with Gasteiger partial charge >= 0.3 is 5.97 Å². The van der Waals surface area contributed by atoms with Crippen LogP contribution in [0.25, 0.3) is 0 Å². The van der Waals surface area contributed by atoms with Crippen molar-refractivity contribution in [3.05, 3.63) is 33.7 Å². The highest BCUT2D eigenvalue weighted by atomic mass is 32.2. The van der Waals surface area contributed by atoms with Gasteiger partial charge in [-0.1, -0.05) is 6.07 Å². The number of thiophene rings is 1. The monoisotopic (exact) mass is 366 g/mol. The second kappa shape index (κ2) is 6.65. The molecule has 2 aliphatic heterocycles. The molecule has 1 saturated heterocycles. The minimum Gasteiger partial charge on any atom is -0.477 e. The molecular formula is C14H14N4O4S2. The first-order chi connectivity index (χ1) is 11.5. The van der Waals surface area contributed by atoms with Gasteiger partial charge in [0, 0.05) is 16.2 Å². The number of thioether (sulfide) groups is 1. The predicted molar refractivity (Wildman–Crippen MR) is 90.4 cm³/mol. The number of nitrogens with zero attached hydrogens (tertiary/aromatic N) is 2. The van der Waals surface area contributed by atoms with Gasteiger partial charge < -0.3 is 16.3 Å². The van der Waals surface area contributed by atoms with E-state index < -0.39 is 23.3 Å². The van der Waals surface area contributed by atoms with Crippen molar-refractivity contribution >= 4 is 47.1 Å². The van der Waals surface area contributed by atoms with Crippen LogP contribution in [-0.2, 0) is 20.8 Å². The third-order valence-electron chi connectivity index (χ3n) is 3.66. The van der Waals surface area contributed by atoms with Crippen LogP contribution in [0.5, 0.6) is 0 Å². The Morgan fingerprint density at radius 1 is 1.54 bits per heavy atom. The minimum atomic E-state index is -1.22. The van der Waals surface area contributed by atoms with Crippen LogP contribution in [0, 0.1) is 0 Å². The number of aliphatic carboxylic acids is 1. The van der Waals surface area contributed by atoms with Crippen molar-refractivity contribution in [2.75, 3.05) is 5.75 Å². The van der Waals surface area contributed by atoms with Crippen molar-refractivity contribution in [3.63, 3.8) is 0 Å². The van der Waals surface area contributed by atoms with Crippen molar-refractivity contribution in [2.45, 2.75) is 17.8 Å². The number of nitrogens with two attached hydrogens (primary N) is 1. The van der Waals surface area contributed by atoms with E-state index in [9.17, 15) is 19.5 Å². The molecule has 0 radical (unpaired) electrons. The molecule has 3 heterocycles. The van der Waals surface area contributed by atoms with E-state index in [1.165, 1.54) is 34.2 Å². The molecule has 2 amide bonds. The molecule has 126 valence electrons. The second-order valence-electron chi connectivity index (χ2n) is 5.17. The van der Waals surface area contributed by atoms with Gasteiger partial charge in [-0.05, 0) is 11.4 Å². The van der Waals surface area contributed by atoms with E-state index in [0.717, 1.165) is 4.88 Å². The van der Waals surface area contributed by atoms with Gasteiger partial charge in [-0.3, -0.25) is 14.5 Å². The summed E-state index contributed by atoms with van der Waals surface area (Å²) in [4.78, 5) is 37.9. The standard InChI is InChI=1S/C14H14N4O4S2/c15-16-5-7-6-24-13-10(12(20)18(13)11(7)14(21)22)17-9(19)4-8-2-1-3-23-8/h1-3,5,10,13H,4,6,15H2,(H,17,19)(H,21,22)/t10?,13-/m1/s1. The summed E-state index contributed by atoms with van der Waals surface area (Å²) in [5, 5.41) is 16.9. The number of hydrogen-bond acceptors (Lipinski definition) is 7. The zero-order chi connectivity index (χ0) is 17.3. The summed E-state index contributed by atoms with van der Waals surface area (Å²) in [6.07, 6.45) is 1.44. The number of carboxylic acids is 1. The molecule has 1 aromatic rings. The number of nitrogens with one attached hydrogen (secondary N) is 1. The van der Waals surface area contributed by atoms with Gasteiger partial charge in [-0.2, -0.15) is 5.10 Å². The first-order valence-corrected chi connectivity index (χ1v) is 8.92. The highest BCUT2D eigenvalue weighted by Gasteiger charge is 2.54. The summed E-state index contributed by atoms with van der Waals surface area (Å²) in [5.74, 6) is 3.53. The zero-order valence-corrected chi connectivity index (χ0v) is 14.0. The van der Waals surface area contributed by atoms with Crippen LogP contribution >= 0.6 is 23.1 Å². The third-order valence-corrected chi connectivity index (χ3v) is 5.84. The lowest BCUT2D eigenvalue weighted by Gasteiger charge is -2.49. The molecule has 1 aromatic heterocycles. The van der Waals surface area contributed by atoms with Gasteiger partial charge in [0.2, 0.25) is 5.91 Å². The van der Waals surface area contributed by atoms with Crippen LogP contribution in [0.15, 0.2) is 33.9 Å². The maximum atomic E-state index is 12.3. The van der Waals surface area contributed by atoms with Crippen LogP contribution in [0.4, 0.5) is 0 Å². The molecule has 3 rings (SSSR count). The molecule has 0 bridgehead atoms. The number of carbonyl (C=O) groups is 3. The normalized spacial score (nSPS) is 23.2. The molecule has 10 heteroatoms. The summed E-state index contributed by atoms with van der Waals surface area (Å²) in [7, 11) is 0. The van der Waals surface area contributed by atoms with E-state index in [4.69, 9.17) is 5.84 Å². The average molecular weight is 366 g/mol. The molecule has 0 aliphatic carbocycles. The molecule has 8 nitrogen and oxygen atoms in total. The minimum absolute atomic E-state index is 0.123. The van der Waals surface area contributed by atoms with Crippen molar-refractivity contribution in [3.8, 4) is 0 Å². The van der Waals surface area contributed by atoms with Crippen molar-refractivity contribution in [2.24, 2.45) is 10.9 Å². The molecular weight excluding hydrogens is 352 g/mol. The van der Waals surface area contributed by atoms with Crippen molar-refractivity contribution in [1.82, 2.24) is 10.2 Å². The van der Waals surface area contributed by atoms with Crippen LogP contribution in [0.1, 0.15) is 4.88 Å².